The summed E-state index contributed by atoms with van der Waals surface area (Å²) < 4.78 is 0. The molecule has 0 spiro atoms. The number of likely N-dealkylation sites (tertiary alicyclic amines) is 1. The Morgan fingerprint density at radius 3 is 2.75 bits per heavy atom. The van der Waals surface area contributed by atoms with Crippen LogP contribution in [0.2, 0.25) is 0 Å². The number of nitrogens with one attached hydrogen (secondary N) is 2. The van der Waals surface area contributed by atoms with E-state index in [1.165, 1.54) is 0 Å². The maximum absolute atomic E-state index is 11.8. The standard InChI is InChI=1S/C14H21N3O2S/c1-2-11(12-6-5-9-20-12)16-14(19)15-10-13(18)17-7-3-4-8-17/h5-6,9,11H,2-4,7-8,10H2,1H3,(H2,15,16,19)/t11-/m1/s1. The van der Waals surface area contributed by atoms with Crippen molar-refractivity contribution in [1.82, 2.24) is 15.5 Å². The maximum Gasteiger partial charge on any atom is 0.315 e. The quantitative estimate of drug-likeness (QED) is 0.874. The van der Waals surface area contributed by atoms with Gasteiger partial charge in [0.05, 0.1) is 12.6 Å². The van der Waals surface area contributed by atoms with Gasteiger partial charge >= 0.3 is 6.03 Å². The van der Waals surface area contributed by atoms with E-state index in [0.717, 1.165) is 37.2 Å². The van der Waals surface area contributed by atoms with Gasteiger partial charge in [-0.1, -0.05) is 13.0 Å². The molecule has 1 atom stereocenters. The first-order chi connectivity index (χ1) is 9.70. The summed E-state index contributed by atoms with van der Waals surface area (Å²) in [6.45, 7) is 3.73. The fourth-order valence-electron chi connectivity index (χ4n) is 2.31. The Hall–Kier alpha value is -1.56. The second kappa shape index (κ2) is 7.28. The van der Waals surface area contributed by atoms with Crippen molar-refractivity contribution in [3.63, 3.8) is 0 Å². The topological polar surface area (TPSA) is 61.4 Å². The predicted molar refractivity (Wildman–Crippen MR) is 79.7 cm³/mol. The third-order valence-corrected chi connectivity index (χ3v) is 4.45. The molecular formula is C14H21N3O2S. The van der Waals surface area contributed by atoms with E-state index in [2.05, 4.69) is 10.6 Å². The smallest absolute Gasteiger partial charge is 0.315 e. The highest BCUT2D eigenvalue weighted by molar-refractivity contribution is 7.10. The molecule has 1 aliphatic heterocycles. The number of nitrogens with zero attached hydrogens (tertiary/aromatic N) is 1. The van der Waals surface area contributed by atoms with Crippen LogP contribution in [-0.2, 0) is 4.79 Å². The average molecular weight is 295 g/mol. The number of urea groups is 1. The van der Waals surface area contributed by atoms with Crippen LogP contribution in [0.3, 0.4) is 0 Å². The molecule has 0 bridgehead atoms. The highest BCUT2D eigenvalue weighted by Gasteiger charge is 2.19. The van der Waals surface area contributed by atoms with Crippen molar-refractivity contribution in [2.45, 2.75) is 32.2 Å². The Bertz CT molecular complexity index is 441. The molecule has 2 heterocycles. The minimum Gasteiger partial charge on any atom is -0.341 e. The Labute approximate surface area is 123 Å². The van der Waals surface area contributed by atoms with Crippen LogP contribution in [0.4, 0.5) is 4.79 Å². The van der Waals surface area contributed by atoms with Crippen molar-refractivity contribution in [3.05, 3.63) is 22.4 Å². The van der Waals surface area contributed by atoms with Crippen LogP contribution >= 0.6 is 11.3 Å². The molecule has 1 saturated heterocycles. The summed E-state index contributed by atoms with van der Waals surface area (Å²) in [5.74, 6) is 0.00169. The van der Waals surface area contributed by atoms with Crippen molar-refractivity contribution in [2.24, 2.45) is 0 Å². The lowest BCUT2D eigenvalue weighted by Crippen LogP contribution is -2.43. The molecule has 1 aromatic rings. The molecule has 2 N–H and O–H groups in total. The third kappa shape index (κ3) is 3.96. The SMILES string of the molecule is CC[C@@H](NC(=O)NCC(=O)N1CCCC1)c1cccs1. The molecule has 0 radical (unpaired) electrons. The van der Waals surface area contributed by atoms with E-state index in [4.69, 9.17) is 0 Å². The van der Waals surface area contributed by atoms with Crippen LogP contribution in [0.1, 0.15) is 37.1 Å². The van der Waals surface area contributed by atoms with E-state index in [0.29, 0.717) is 0 Å². The fourth-order valence-corrected chi connectivity index (χ4v) is 3.17. The lowest BCUT2D eigenvalue weighted by molar-refractivity contribution is -0.128. The van der Waals surface area contributed by atoms with Gasteiger partial charge in [0.25, 0.3) is 0 Å². The van der Waals surface area contributed by atoms with Crippen LogP contribution in [0.25, 0.3) is 0 Å². The molecule has 110 valence electrons. The Morgan fingerprint density at radius 1 is 1.40 bits per heavy atom. The zero-order valence-corrected chi connectivity index (χ0v) is 12.5. The van der Waals surface area contributed by atoms with Crippen LogP contribution in [0, 0.1) is 0 Å². The normalized spacial score (nSPS) is 15.9. The Morgan fingerprint density at radius 2 is 2.15 bits per heavy atom. The first-order valence-electron chi connectivity index (χ1n) is 7.06. The van der Waals surface area contributed by atoms with Gasteiger partial charge in [-0.3, -0.25) is 4.79 Å². The number of thiophene rings is 1. The van der Waals surface area contributed by atoms with Gasteiger partial charge in [-0.05, 0) is 30.7 Å². The minimum atomic E-state index is -0.280. The van der Waals surface area contributed by atoms with Crippen LogP contribution in [-0.4, -0.2) is 36.5 Å². The number of carbonyl (C=O) groups is 2. The first kappa shape index (κ1) is 14.8. The highest BCUT2D eigenvalue weighted by atomic mass is 32.1. The van der Waals surface area contributed by atoms with Crippen molar-refractivity contribution in [2.75, 3.05) is 19.6 Å². The molecule has 2 rings (SSSR count). The van der Waals surface area contributed by atoms with Crippen LogP contribution in [0.15, 0.2) is 17.5 Å². The van der Waals surface area contributed by atoms with E-state index in [-0.39, 0.29) is 24.5 Å². The lowest BCUT2D eigenvalue weighted by Gasteiger charge is -2.18. The Balaban J connectivity index is 1.75. The van der Waals surface area contributed by atoms with Crippen LogP contribution in [0.5, 0.6) is 0 Å². The molecular weight excluding hydrogens is 274 g/mol. The second-order valence-corrected chi connectivity index (χ2v) is 5.87. The molecule has 1 aromatic heterocycles. The molecule has 0 saturated carbocycles. The number of amides is 3. The molecule has 1 aliphatic rings. The van der Waals surface area contributed by atoms with Crippen molar-refractivity contribution >= 4 is 23.3 Å². The summed E-state index contributed by atoms with van der Waals surface area (Å²) in [5, 5.41) is 7.55. The van der Waals surface area contributed by atoms with Gasteiger partial charge in [0.15, 0.2) is 0 Å². The summed E-state index contributed by atoms with van der Waals surface area (Å²) in [5.41, 5.74) is 0. The average Bonchev–Trinajstić information content (AvgIpc) is 3.14. The second-order valence-electron chi connectivity index (χ2n) is 4.89. The van der Waals surface area contributed by atoms with Gasteiger partial charge in [0.1, 0.15) is 0 Å². The fraction of sp³-hybridized carbons (Fsp3) is 0.571. The molecule has 5 nitrogen and oxygen atoms in total. The summed E-state index contributed by atoms with van der Waals surface area (Å²) in [7, 11) is 0. The molecule has 20 heavy (non-hydrogen) atoms. The van der Waals surface area contributed by atoms with E-state index >= 15 is 0 Å². The van der Waals surface area contributed by atoms with Crippen LogP contribution < -0.4 is 10.6 Å². The first-order valence-corrected chi connectivity index (χ1v) is 7.94. The lowest BCUT2D eigenvalue weighted by atomic mass is 10.2. The van der Waals surface area contributed by atoms with E-state index in [1.807, 2.05) is 24.4 Å². The predicted octanol–water partition coefficient (Wildman–Crippen LogP) is 2.12. The largest absolute Gasteiger partial charge is 0.341 e. The minimum absolute atomic E-state index is 0.00169. The van der Waals surface area contributed by atoms with Gasteiger partial charge < -0.3 is 15.5 Å². The molecule has 1 fully saturated rings. The summed E-state index contributed by atoms with van der Waals surface area (Å²) in [6.07, 6.45) is 2.95. The van der Waals surface area contributed by atoms with Crippen molar-refractivity contribution < 1.29 is 9.59 Å². The van der Waals surface area contributed by atoms with Gasteiger partial charge in [-0.2, -0.15) is 0 Å². The van der Waals surface area contributed by atoms with Gasteiger partial charge in [-0.25, -0.2) is 4.79 Å². The van der Waals surface area contributed by atoms with E-state index in [1.54, 1.807) is 16.2 Å². The number of carbonyl (C=O) groups excluding carboxylic acids is 2. The van der Waals surface area contributed by atoms with Gasteiger partial charge in [-0.15, -0.1) is 11.3 Å². The highest BCUT2D eigenvalue weighted by Crippen LogP contribution is 2.21. The summed E-state index contributed by atoms with van der Waals surface area (Å²) >= 11 is 1.62. The summed E-state index contributed by atoms with van der Waals surface area (Å²) in [4.78, 5) is 26.6. The van der Waals surface area contributed by atoms with Gasteiger partial charge in [0, 0.05) is 18.0 Å². The third-order valence-electron chi connectivity index (χ3n) is 3.46. The molecule has 6 heteroatoms. The Kier molecular flexibility index (Phi) is 5.40. The molecule has 0 unspecified atom stereocenters. The van der Waals surface area contributed by atoms with E-state index in [9.17, 15) is 9.59 Å². The number of hydrogen-bond donors (Lipinski definition) is 2. The van der Waals surface area contributed by atoms with Gasteiger partial charge in [0.2, 0.25) is 5.91 Å². The number of rotatable bonds is 5. The summed E-state index contributed by atoms with van der Waals surface area (Å²) in [6, 6.07) is 3.71. The van der Waals surface area contributed by atoms with E-state index < -0.39 is 0 Å². The molecule has 0 aromatic carbocycles. The van der Waals surface area contributed by atoms with Crippen molar-refractivity contribution in [1.29, 1.82) is 0 Å². The monoisotopic (exact) mass is 295 g/mol. The zero-order valence-electron chi connectivity index (χ0n) is 11.7. The zero-order chi connectivity index (χ0) is 14.4. The maximum atomic E-state index is 11.8. The molecule has 3 amide bonds. The molecule has 0 aliphatic carbocycles. The van der Waals surface area contributed by atoms with Crippen molar-refractivity contribution in [3.8, 4) is 0 Å². The number of hydrogen-bond acceptors (Lipinski definition) is 3.